The van der Waals surface area contributed by atoms with E-state index in [0.29, 0.717) is 17.6 Å². The molecule has 0 amide bonds. The van der Waals surface area contributed by atoms with E-state index in [4.69, 9.17) is 9.15 Å². The van der Waals surface area contributed by atoms with Gasteiger partial charge in [-0.15, -0.1) is 16.9 Å². The van der Waals surface area contributed by atoms with E-state index >= 15 is 0 Å². The van der Waals surface area contributed by atoms with E-state index in [-0.39, 0.29) is 6.10 Å². The molecule has 0 aliphatic heterocycles. The van der Waals surface area contributed by atoms with Crippen LogP contribution in [0.1, 0.15) is 19.7 Å². The predicted molar refractivity (Wildman–Crippen MR) is 79.0 cm³/mol. The molecular weight excluding hydrogens is 276 g/mol. The molecule has 0 bridgehead atoms. The summed E-state index contributed by atoms with van der Waals surface area (Å²) in [7, 11) is 0. The van der Waals surface area contributed by atoms with E-state index in [9.17, 15) is 4.79 Å². The molecule has 1 unspecified atom stereocenters. The molecule has 0 radical (unpaired) electrons. The third kappa shape index (κ3) is 4.45. The summed E-state index contributed by atoms with van der Waals surface area (Å²) < 4.78 is 10.8. The summed E-state index contributed by atoms with van der Waals surface area (Å²) in [5.41, 5.74) is 0. The van der Waals surface area contributed by atoms with Gasteiger partial charge in [0, 0.05) is 5.75 Å². The summed E-state index contributed by atoms with van der Waals surface area (Å²) in [6.07, 6.45) is 0.105. The first-order valence-corrected chi connectivity index (χ1v) is 7.64. The number of nitrogens with one attached hydrogen (secondary N) is 1. The molecule has 1 N–H and O–H groups in total. The van der Waals surface area contributed by atoms with Crippen LogP contribution in [0.5, 0.6) is 5.75 Å². The van der Waals surface area contributed by atoms with E-state index in [1.54, 1.807) is 11.8 Å². The van der Waals surface area contributed by atoms with Gasteiger partial charge in [-0.1, -0.05) is 32.0 Å². The van der Waals surface area contributed by atoms with Crippen LogP contribution in [0.2, 0.25) is 0 Å². The topological polar surface area (TPSA) is 68.1 Å². The maximum atomic E-state index is 10.8. The highest BCUT2D eigenvalue weighted by Gasteiger charge is 2.16. The normalized spacial score (nSPS) is 12.6. The molecule has 1 aromatic heterocycles. The van der Waals surface area contributed by atoms with Crippen molar-refractivity contribution in [3.05, 3.63) is 46.8 Å². The van der Waals surface area contributed by atoms with E-state index in [1.807, 2.05) is 30.3 Å². The third-order valence-corrected chi connectivity index (χ3v) is 3.78. The number of aromatic amines is 1. The van der Waals surface area contributed by atoms with Gasteiger partial charge in [0.1, 0.15) is 11.9 Å². The van der Waals surface area contributed by atoms with Gasteiger partial charge in [0.25, 0.3) is 0 Å². The number of nitrogens with zero attached hydrogens (tertiary/aromatic N) is 1. The van der Waals surface area contributed by atoms with Crippen molar-refractivity contribution in [2.45, 2.75) is 25.7 Å². The summed E-state index contributed by atoms with van der Waals surface area (Å²) in [5.74, 6) is 2.54. The number of para-hydroxylation sites is 1. The molecule has 2 aromatic rings. The molecule has 6 heteroatoms. The zero-order chi connectivity index (χ0) is 14.4. The highest BCUT2D eigenvalue weighted by molar-refractivity contribution is 7.98. The van der Waals surface area contributed by atoms with Gasteiger partial charge in [0.05, 0.1) is 5.75 Å². The summed E-state index contributed by atoms with van der Waals surface area (Å²) in [4.78, 5) is 10.8. The van der Waals surface area contributed by atoms with Crippen LogP contribution in [0, 0.1) is 5.92 Å². The Morgan fingerprint density at radius 2 is 2.10 bits per heavy atom. The lowest BCUT2D eigenvalue weighted by Gasteiger charge is -2.22. The third-order valence-electron chi connectivity index (χ3n) is 2.76. The Bertz CT molecular complexity index is 565. The molecular formula is C14H18N2O3S. The van der Waals surface area contributed by atoms with Crippen molar-refractivity contribution in [1.82, 2.24) is 10.2 Å². The van der Waals surface area contributed by atoms with Crippen LogP contribution >= 0.6 is 11.8 Å². The summed E-state index contributed by atoms with van der Waals surface area (Å²) in [6.45, 7) is 4.26. The molecule has 0 spiro atoms. The largest absolute Gasteiger partial charge is 0.489 e. The van der Waals surface area contributed by atoms with Crippen LogP contribution in [0.3, 0.4) is 0 Å². The number of hydrogen-bond acceptors (Lipinski definition) is 5. The van der Waals surface area contributed by atoms with Crippen molar-refractivity contribution in [2.24, 2.45) is 5.92 Å². The number of benzene rings is 1. The first-order chi connectivity index (χ1) is 9.65. The van der Waals surface area contributed by atoms with Gasteiger partial charge < -0.3 is 9.15 Å². The van der Waals surface area contributed by atoms with Crippen molar-refractivity contribution in [2.75, 3.05) is 5.75 Å². The minimum atomic E-state index is -0.512. The zero-order valence-corrected chi connectivity index (χ0v) is 12.4. The van der Waals surface area contributed by atoms with E-state index in [0.717, 1.165) is 11.5 Å². The van der Waals surface area contributed by atoms with Crippen LogP contribution in [-0.4, -0.2) is 22.1 Å². The number of aromatic nitrogens is 2. The second kappa shape index (κ2) is 7.19. The monoisotopic (exact) mass is 294 g/mol. The molecule has 0 aliphatic rings. The van der Waals surface area contributed by atoms with Crippen molar-refractivity contribution in [3.8, 4) is 5.75 Å². The summed E-state index contributed by atoms with van der Waals surface area (Å²) in [6, 6.07) is 9.78. The van der Waals surface area contributed by atoms with Crippen LogP contribution < -0.4 is 10.5 Å². The first kappa shape index (κ1) is 14.7. The van der Waals surface area contributed by atoms with Crippen molar-refractivity contribution in [1.29, 1.82) is 0 Å². The average molecular weight is 294 g/mol. The molecule has 108 valence electrons. The number of ether oxygens (including phenoxy) is 1. The second-order valence-electron chi connectivity index (χ2n) is 4.74. The van der Waals surface area contributed by atoms with Gasteiger partial charge in [-0.2, -0.15) is 0 Å². The molecule has 1 aromatic carbocycles. The Balaban J connectivity index is 1.85. The lowest BCUT2D eigenvalue weighted by atomic mass is 10.1. The average Bonchev–Trinajstić information content (AvgIpc) is 2.84. The number of H-pyrrole nitrogens is 1. The van der Waals surface area contributed by atoms with E-state index in [1.165, 1.54) is 0 Å². The summed E-state index contributed by atoms with van der Waals surface area (Å²) >= 11 is 1.64. The van der Waals surface area contributed by atoms with Crippen molar-refractivity contribution in [3.63, 3.8) is 0 Å². The first-order valence-electron chi connectivity index (χ1n) is 6.49. The minimum absolute atomic E-state index is 0.105. The lowest BCUT2D eigenvalue weighted by molar-refractivity contribution is 0.175. The van der Waals surface area contributed by atoms with E-state index in [2.05, 4.69) is 24.0 Å². The van der Waals surface area contributed by atoms with Crippen LogP contribution in [0.15, 0.2) is 39.5 Å². The van der Waals surface area contributed by atoms with Gasteiger partial charge in [-0.05, 0) is 18.1 Å². The smallest absolute Gasteiger partial charge is 0.434 e. The maximum Gasteiger partial charge on any atom is 0.434 e. The highest BCUT2D eigenvalue weighted by Crippen LogP contribution is 2.20. The summed E-state index contributed by atoms with van der Waals surface area (Å²) in [5, 5.41) is 6.03. The minimum Gasteiger partial charge on any atom is -0.489 e. The molecule has 0 fully saturated rings. The molecule has 0 saturated carbocycles. The van der Waals surface area contributed by atoms with Gasteiger partial charge >= 0.3 is 5.76 Å². The molecule has 2 rings (SSSR count). The highest BCUT2D eigenvalue weighted by atomic mass is 32.2. The number of thioether (sulfide) groups is 1. The molecule has 5 nitrogen and oxygen atoms in total. The second-order valence-corrected chi connectivity index (χ2v) is 5.77. The molecule has 1 atom stereocenters. The fraction of sp³-hybridized carbons (Fsp3) is 0.429. The standard InChI is InChI=1S/C14H18N2O3S/c1-10(2)12(18-11-6-4-3-5-7-11)8-20-9-13-15-16-14(17)19-13/h3-7,10,12H,8-9H2,1-2H3,(H,16,17). The van der Waals surface area contributed by atoms with Crippen LogP contribution in [-0.2, 0) is 5.75 Å². The fourth-order valence-corrected chi connectivity index (χ4v) is 2.72. The lowest BCUT2D eigenvalue weighted by Crippen LogP contribution is -2.26. The van der Waals surface area contributed by atoms with Crippen molar-refractivity contribution < 1.29 is 9.15 Å². The Kier molecular flexibility index (Phi) is 5.29. The van der Waals surface area contributed by atoms with Crippen molar-refractivity contribution >= 4 is 11.8 Å². The molecule has 20 heavy (non-hydrogen) atoms. The Hall–Kier alpha value is -1.69. The SMILES string of the molecule is CC(C)C(CSCc1n[nH]c(=O)o1)Oc1ccccc1. The van der Waals surface area contributed by atoms with Crippen LogP contribution in [0.25, 0.3) is 0 Å². The Morgan fingerprint density at radius 1 is 1.35 bits per heavy atom. The van der Waals surface area contributed by atoms with Gasteiger partial charge in [0.15, 0.2) is 0 Å². The molecule has 1 heterocycles. The van der Waals surface area contributed by atoms with Gasteiger partial charge in [0.2, 0.25) is 5.89 Å². The maximum absolute atomic E-state index is 10.8. The molecule has 0 aliphatic carbocycles. The van der Waals surface area contributed by atoms with Gasteiger partial charge in [-0.3, -0.25) is 0 Å². The fourth-order valence-electron chi connectivity index (χ4n) is 1.62. The van der Waals surface area contributed by atoms with Crippen LogP contribution in [0.4, 0.5) is 0 Å². The number of rotatable bonds is 7. The van der Waals surface area contributed by atoms with Gasteiger partial charge in [-0.25, -0.2) is 9.89 Å². The van der Waals surface area contributed by atoms with E-state index < -0.39 is 5.76 Å². The Labute approximate surface area is 121 Å². The quantitative estimate of drug-likeness (QED) is 0.850. The Morgan fingerprint density at radius 3 is 2.70 bits per heavy atom. The zero-order valence-electron chi connectivity index (χ0n) is 11.5. The molecule has 0 saturated heterocycles. The predicted octanol–water partition coefficient (Wildman–Crippen LogP) is 2.70. The number of hydrogen-bond donors (Lipinski definition) is 1.